The number of rotatable bonds is 11. The van der Waals surface area contributed by atoms with Crippen LogP contribution in [0.4, 0.5) is 0 Å². The third-order valence-electron chi connectivity index (χ3n) is 5.12. The second-order valence-electron chi connectivity index (χ2n) is 8.77. The second-order valence-corrected chi connectivity index (χ2v) is 8.77. The van der Waals surface area contributed by atoms with E-state index in [9.17, 15) is 14.7 Å². The van der Waals surface area contributed by atoms with Crippen molar-refractivity contribution in [2.45, 2.75) is 86.7 Å². The van der Waals surface area contributed by atoms with E-state index in [2.05, 4.69) is 44.2 Å². The smallest absolute Gasteiger partial charge is 0.306 e. The fraction of sp³-hybridized carbons (Fsp3) is 0.412. The summed E-state index contributed by atoms with van der Waals surface area (Å²) in [5.41, 5.74) is 3.59. The second kappa shape index (κ2) is 23.5. The van der Waals surface area contributed by atoms with Crippen LogP contribution in [0.3, 0.4) is 0 Å². The molecule has 1 N–H and O–H groups in total. The van der Waals surface area contributed by atoms with Gasteiger partial charge in [0.2, 0.25) is 0 Å². The lowest BCUT2D eigenvalue weighted by Crippen LogP contribution is -2.07. The number of phenols is 1. The number of Topliss-reactive ketones (excluding diaryl/α,β-unsaturated/α-hetero) is 1. The number of benzene rings is 3. The molecule has 3 aromatic carbocycles. The summed E-state index contributed by atoms with van der Waals surface area (Å²) in [6.07, 6.45) is 5.78. The van der Waals surface area contributed by atoms with Gasteiger partial charge in [-0.3, -0.25) is 4.79 Å². The van der Waals surface area contributed by atoms with E-state index in [1.54, 1.807) is 24.3 Å². The molecule has 0 radical (unpaired) electrons. The average Bonchev–Trinajstić information content (AvgIpc) is 2.96. The summed E-state index contributed by atoms with van der Waals surface area (Å²) in [6, 6.07) is 25.2. The van der Waals surface area contributed by atoms with Gasteiger partial charge in [-0.05, 0) is 80.5 Å². The molecule has 0 aromatic heterocycles. The predicted molar refractivity (Wildman–Crippen MR) is 161 cm³/mol. The molecular formula is C34H48O5. The molecule has 5 heteroatoms. The molecule has 0 fully saturated rings. The quantitative estimate of drug-likeness (QED) is 0.196. The van der Waals surface area contributed by atoms with Gasteiger partial charge in [0.05, 0.1) is 6.61 Å². The van der Waals surface area contributed by atoms with Gasteiger partial charge in [-0.15, -0.1) is 0 Å². The predicted octanol–water partition coefficient (Wildman–Crippen LogP) is 8.51. The molecule has 0 saturated heterocycles. The van der Waals surface area contributed by atoms with Crippen LogP contribution in [-0.4, -0.2) is 23.5 Å². The van der Waals surface area contributed by atoms with Crippen LogP contribution in [0.2, 0.25) is 0 Å². The van der Waals surface area contributed by atoms with Gasteiger partial charge in [-0.25, -0.2) is 0 Å². The average molecular weight is 537 g/mol. The monoisotopic (exact) mass is 536 g/mol. The topological polar surface area (TPSA) is 72.8 Å². The molecule has 0 aliphatic rings. The Bertz CT molecular complexity index is 992. The molecule has 214 valence electrons. The van der Waals surface area contributed by atoms with E-state index >= 15 is 0 Å². The van der Waals surface area contributed by atoms with Crippen molar-refractivity contribution >= 4 is 11.8 Å². The minimum atomic E-state index is -0.247. The number of hydrogen-bond acceptors (Lipinski definition) is 5. The van der Waals surface area contributed by atoms with Crippen molar-refractivity contribution in [1.82, 2.24) is 0 Å². The van der Waals surface area contributed by atoms with E-state index in [1.807, 2.05) is 38.1 Å². The Balaban J connectivity index is 0.000000744. The van der Waals surface area contributed by atoms with Crippen molar-refractivity contribution in [2.75, 3.05) is 6.61 Å². The zero-order chi connectivity index (χ0) is 29.3. The summed E-state index contributed by atoms with van der Waals surface area (Å²) in [5, 5.41) is 9.18. The van der Waals surface area contributed by atoms with E-state index in [-0.39, 0.29) is 24.1 Å². The summed E-state index contributed by atoms with van der Waals surface area (Å²) in [6.45, 7) is 12.1. The molecular weight excluding hydrogens is 488 g/mol. The Morgan fingerprint density at radius 2 is 1.31 bits per heavy atom. The highest BCUT2D eigenvalue weighted by Crippen LogP contribution is 2.14. The highest BCUT2D eigenvalue weighted by Gasteiger charge is 2.04. The zero-order valence-electron chi connectivity index (χ0n) is 24.7. The first-order valence-electron chi connectivity index (χ1n) is 14.0. The summed E-state index contributed by atoms with van der Waals surface area (Å²) in [5.74, 6) is 0.937. The standard InChI is InChI=1S/C19H22O4.C10H14.C3H6O.C2H6/c1-2-15-7-11-18(12-8-15)22-13-3-4-19(21)23-14-16-5-9-17(20)10-6-16;1-2-3-7-10-8-5-4-6-9-10;1-3(2)4;1-2/h5-12,20H,2-4,13-14H2,1H3;4-6,8-9H,2-3,7H2,1H3;1-2H3;1-2H3. The SMILES string of the molecule is CC.CC(C)=O.CCCCc1ccccc1.CCc1ccc(OCCCC(=O)OCc2ccc(O)cc2)cc1. The van der Waals surface area contributed by atoms with Gasteiger partial charge in [0.25, 0.3) is 0 Å². The fourth-order valence-electron chi connectivity index (χ4n) is 3.08. The van der Waals surface area contributed by atoms with Crippen molar-refractivity contribution in [3.05, 3.63) is 95.6 Å². The maximum atomic E-state index is 11.7. The van der Waals surface area contributed by atoms with Gasteiger partial charge >= 0.3 is 5.97 Å². The number of ketones is 1. The molecule has 0 unspecified atom stereocenters. The molecule has 3 rings (SSSR count). The normalized spacial score (nSPS) is 9.38. The molecule has 0 aliphatic carbocycles. The van der Waals surface area contributed by atoms with E-state index < -0.39 is 0 Å². The molecule has 5 nitrogen and oxygen atoms in total. The highest BCUT2D eigenvalue weighted by molar-refractivity contribution is 5.72. The van der Waals surface area contributed by atoms with Gasteiger partial charge < -0.3 is 19.4 Å². The largest absolute Gasteiger partial charge is 0.508 e. The number of ether oxygens (including phenoxy) is 2. The maximum Gasteiger partial charge on any atom is 0.306 e. The molecule has 0 spiro atoms. The van der Waals surface area contributed by atoms with Crippen LogP contribution in [-0.2, 0) is 33.8 Å². The molecule has 0 bridgehead atoms. The number of aromatic hydroxyl groups is 1. The molecule has 0 heterocycles. The summed E-state index contributed by atoms with van der Waals surface area (Å²) in [7, 11) is 0. The number of carbonyl (C=O) groups excluding carboxylic acids is 2. The van der Waals surface area contributed by atoms with E-state index in [4.69, 9.17) is 9.47 Å². The third-order valence-corrected chi connectivity index (χ3v) is 5.12. The third kappa shape index (κ3) is 20.1. The van der Waals surface area contributed by atoms with E-state index in [0.717, 1.165) is 17.7 Å². The maximum absolute atomic E-state index is 11.7. The van der Waals surface area contributed by atoms with Gasteiger partial charge in [0.15, 0.2) is 0 Å². The van der Waals surface area contributed by atoms with Crippen LogP contribution in [0.1, 0.15) is 83.9 Å². The lowest BCUT2D eigenvalue weighted by molar-refractivity contribution is -0.145. The molecule has 0 saturated carbocycles. The number of unbranched alkanes of at least 4 members (excludes halogenated alkanes) is 1. The summed E-state index contributed by atoms with van der Waals surface area (Å²) < 4.78 is 10.8. The van der Waals surface area contributed by atoms with Crippen molar-refractivity contribution in [3.8, 4) is 11.5 Å². The molecule has 0 aliphatic heterocycles. The molecule has 3 aromatic rings. The number of phenolic OH excluding ortho intramolecular Hbond substituents is 1. The first-order valence-corrected chi connectivity index (χ1v) is 14.0. The molecule has 39 heavy (non-hydrogen) atoms. The van der Waals surface area contributed by atoms with Crippen molar-refractivity contribution in [1.29, 1.82) is 0 Å². The van der Waals surface area contributed by atoms with Gasteiger partial charge in [-0.2, -0.15) is 0 Å². The number of hydrogen-bond donors (Lipinski definition) is 1. The Kier molecular flexibility index (Phi) is 21.3. The Labute approximate surface area is 236 Å². The zero-order valence-corrected chi connectivity index (χ0v) is 24.7. The first kappa shape index (κ1) is 35.4. The Morgan fingerprint density at radius 3 is 1.85 bits per heavy atom. The van der Waals surface area contributed by atoms with E-state index in [1.165, 1.54) is 44.2 Å². The minimum absolute atomic E-state index is 0.167. The van der Waals surface area contributed by atoms with Crippen LogP contribution in [0.5, 0.6) is 11.5 Å². The molecule has 0 atom stereocenters. The minimum Gasteiger partial charge on any atom is -0.508 e. The number of carbonyl (C=O) groups is 2. The first-order chi connectivity index (χ1) is 18.8. The van der Waals surface area contributed by atoms with Crippen molar-refractivity contribution in [3.63, 3.8) is 0 Å². The Hall–Kier alpha value is -3.60. The van der Waals surface area contributed by atoms with Crippen molar-refractivity contribution in [2.24, 2.45) is 0 Å². The number of esters is 1. The van der Waals surface area contributed by atoms with Crippen LogP contribution in [0.25, 0.3) is 0 Å². The van der Waals surface area contributed by atoms with Crippen molar-refractivity contribution < 1.29 is 24.2 Å². The van der Waals surface area contributed by atoms with Crippen LogP contribution >= 0.6 is 0 Å². The van der Waals surface area contributed by atoms with Crippen LogP contribution < -0.4 is 4.74 Å². The highest BCUT2D eigenvalue weighted by atomic mass is 16.5. The number of aryl methyl sites for hydroxylation is 2. The molecule has 0 amide bonds. The van der Waals surface area contributed by atoms with Crippen LogP contribution in [0, 0.1) is 0 Å². The van der Waals surface area contributed by atoms with Gasteiger partial charge in [0, 0.05) is 6.42 Å². The van der Waals surface area contributed by atoms with Gasteiger partial charge in [-0.1, -0.05) is 88.7 Å². The van der Waals surface area contributed by atoms with Gasteiger partial charge in [0.1, 0.15) is 23.9 Å². The van der Waals surface area contributed by atoms with Crippen LogP contribution in [0.15, 0.2) is 78.9 Å². The summed E-state index contributed by atoms with van der Waals surface area (Å²) in [4.78, 5) is 21.1. The Morgan fingerprint density at radius 1 is 0.744 bits per heavy atom. The van der Waals surface area contributed by atoms with E-state index in [0.29, 0.717) is 19.4 Å². The lowest BCUT2D eigenvalue weighted by Gasteiger charge is -2.07. The lowest BCUT2D eigenvalue weighted by atomic mass is 10.1. The summed E-state index contributed by atoms with van der Waals surface area (Å²) >= 11 is 0. The fourth-order valence-corrected chi connectivity index (χ4v) is 3.08.